The molecule has 0 aliphatic carbocycles. The second-order valence-electron chi connectivity index (χ2n) is 3.97. The van der Waals surface area contributed by atoms with Crippen LogP contribution in [0, 0.1) is 11.6 Å². The van der Waals surface area contributed by atoms with E-state index < -0.39 is 11.6 Å². The molecule has 0 aliphatic rings. The van der Waals surface area contributed by atoms with Crippen LogP contribution in [0.4, 0.5) is 8.78 Å². The van der Waals surface area contributed by atoms with E-state index in [1.807, 2.05) is 0 Å². The molecule has 0 amide bonds. The molecule has 1 aromatic carbocycles. The number of aromatic amines is 1. The van der Waals surface area contributed by atoms with Crippen LogP contribution in [-0.2, 0) is 6.54 Å². The fourth-order valence-corrected chi connectivity index (χ4v) is 1.85. The minimum atomic E-state index is -0.659. The zero-order valence-electron chi connectivity index (χ0n) is 9.60. The molecule has 1 N–H and O–H groups in total. The molecular formula is C12H8F2N4O. The molecule has 3 aromatic rings. The summed E-state index contributed by atoms with van der Waals surface area (Å²) in [5.74, 6) is -1.32. The van der Waals surface area contributed by atoms with Crippen molar-refractivity contribution in [3.8, 4) is 0 Å². The molecular weight excluding hydrogens is 254 g/mol. The van der Waals surface area contributed by atoms with E-state index in [1.165, 1.54) is 35.4 Å². The zero-order chi connectivity index (χ0) is 13.4. The topological polar surface area (TPSA) is 63.6 Å². The first-order valence-corrected chi connectivity index (χ1v) is 5.49. The monoisotopic (exact) mass is 262 g/mol. The van der Waals surface area contributed by atoms with Gasteiger partial charge in [-0.2, -0.15) is 5.10 Å². The van der Waals surface area contributed by atoms with E-state index in [2.05, 4.69) is 15.1 Å². The maximum Gasteiger partial charge on any atom is 0.261 e. The average molecular weight is 262 g/mol. The standard InChI is InChI=1S/C12H8F2N4O/c13-9-2-1-3-10(14)8(9)5-18-11-7(4-17-18)12(19)16-6-15-11/h1-4,6H,5H2,(H,15,16,19). The molecule has 19 heavy (non-hydrogen) atoms. The summed E-state index contributed by atoms with van der Waals surface area (Å²) in [7, 11) is 0. The molecule has 0 saturated carbocycles. The third kappa shape index (κ3) is 1.88. The number of nitrogens with one attached hydrogen (secondary N) is 1. The lowest BCUT2D eigenvalue weighted by molar-refractivity contribution is 0.536. The van der Waals surface area contributed by atoms with Crippen molar-refractivity contribution in [2.75, 3.05) is 0 Å². The molecule has 0 spiro atoms. The van der Waals surface area contributed by atoms with Gasteiger partial charge in [0.15, 0.2) is 5.65 Å². The lowest BCUT2D eigenvalue weighted by Crippen LogP contribution is -2.09. The Bertz CT molecular complexity index is 789. The van der Waals surface area contributed by atoms with Gasteiger partial charge in [-0.05, 0) is 12.1 Å². The zero-order valence-corrected chi connectivity index (χ0v) is 9.60. The van der Waals surface area contributed by atoms with Crippen LogP contribution < -0.4 is 5.56 Å². The number of benzene rings is 1. The summed E-state index contributed by atoms with van der Waals surface area (Å²) in [4.78, 5) is 17.8. The minimum absolute atomic E-state index is 0.116. The molecule has 2 heterocycles. The van der Waals surface area contributed by atoms with E-state index >= 15 is 0 Å². The summed E-state index contributed by atoms with van der Waals surface area (Å²) in [6.07, 6.45) is 2.54. The fraction of sp³-hybridized carbons (Fsp3) is 0.0833. The van der Waals surface area contributed by atoms with Gasteiger partial charge in [0.1, 0.15) is 17.0 Å². The lowest BCUT2D eigenvalue weighted by Gasteiger charge is -2.05. The van der Waals surface area contributed by atoms with E-state index in [4.69, 9.17) is 0 Å². The summed E-state index contributed by atoms with van der Waals surface area (Å²) >= 11 is 0. The van der Waals surface area contributed by atoms with Crippen molar-refractivity contribution in [3.63, 3.8) is 0 Å². The Hall–Kier alpha value is -2.57. The molecule has 5 nitrogen and oxygen atoms in total. The van der Waals surface area contributed by atoms with Crippen molar-refractivity contribution in [3.05, 3.63) is 58.3 Å². The summed E-state index contributed by atoms with van der Waals surface area (Å²) in [5, 5.41) is 4.21. The Labute approximate surface area is 105 Å². The summed E-state index contributed by atoms with van der Waals surface area (Å²) in [5.41, 5.74) is -0.175. The predicted molar refractivity (Wildman–Crippen MR) is 63.6 cm³/mol. The SMILES string of the molecule is O=c1[nH]cnc2c1cnn2Cc1c(F)cccc1F. The first kappa shape index (κ1) is 11.5. The van der Waals surface area contributed by atoms with Crippen LogP contribution in [0.25, 0.3) is 11.0 Å². The van der Waals surface area contributed by atoms with Gasteiger partial charge in [0.2, 0.25) is 0 Å². The van der Waals surface area contributed by atoms with Gasteiger partial charge in [-0.1, -0.05) is 6.07 Å². The molecule has 0 fully saturated rings. The van der Waals surface area contributed by atoms with Gasteiger partial charge >= 0.3 is 0 Å². The van der Waals surface area contributed by atoms with Crippen LogP contribution in [0.15, 0.2) is 35.5 Å². The highest BCUT2D eigenvalue weighted by molar-refractivity contribution is 5.72. The molecule has 0 radical (unpaired) electrons. The Balaban J connectivity index is 2.12. The molecule has 0 unspecified atom stereocenters. The highest BCUT2D eigenvalue weighted by atomic mass is 19.1. The summed E-state index contributed by atoms with van der Waals surface area (Å²) < 4.78 is 28.4. The van der Waals surface area contributed by atoms with E-state index in [0.717, 1.165) is 0 Å². The Morgan fingerprint density at radius 1 is 1.26 bits per heavy atom. The highest BCUT2D eigenvalue weighted by Crippen LogP contribution is 2.15. The van der Waals surface area contributed by atoms with Gasteiger partial charge in [-0.3, -0.25) is 4.79 Å². The normalized spacial score (nSPS) is 11.1. The number of halogens is 2. The van der Waals surface area contributed by atoms with Gasteiger partial charge in [0.05, 0.1) is 19.1 Å². The van der Waals surface area contributed by atoms with E-state index in [1.54, 1.807) is 0 Å². The van der Waals surface area contributed by atoms with Gasteiger partial charge in [0, 0.05) is 5.56 Å². The van der Waals surface area contributed by atoms with Crippen molar-refractivity contribution < 1.29 is 8.78 Å². The first-order valence-electron chi connectivity index (χ1n) is 5.49. The summed E-state index contributed by atoms with van der Waals surface area (Å²) in [6.45, 7) is -0.127. The fourth-order valence-electron chi connectivity index (χ4n) is 1.85. The van der Waals surface area contributed by atoms with Crippen LogP contribution in [0.5, 0.6) is 0 Å². The van der Waals surface area contributed by atoms with Crippen LogP contribution in [0.2, 0.25) is 0 Å². The number of hydrogen-bond acceptors (Lipinski definition) is 3. The quantitative estimate of drug-likeness (QED) is 0.760. The van der Waals surface area contributed by atoms with Crippen molar-refractivity contribution >= 4 is 11.0 Å². The molecule has 3 rings (SSSR count). The van der Waals surface area contributed by atoms with Crippen molar-refractivity contribution in [2.24, 2.45) is 0 Å². The summed E-state index contributed by atoms with van der Waals surface area (Å²) in [6, 6.07) is 3.63. The van der Waals surface area contributed by atoms with Gasteiger partial charge in [-0.25, -0.2) is 18.4 Å². The Morgan fingerprint density at radius 2 is 2.00 bits per heavy atom. The number of hydrogen-bond donors (Lipinski definition) is 1. The maximum atomic E-state index is 13.6. The first-order chi connectivity index (χ1) is 9.16. The van der Waals surface area contributed by atoms with Crippen LogP contribution >= 0.6 is 0 Å². The van der Waals surface area contributed by atoms with Crippen LogP contribution in [0.1, 0.15) is 5.56 Å². The third-order valence-electron chi connectivity index (χ3n) is 2.81. The number of nitrogens with zero attached hydrogens (tertiary/aromatic N) is 3. The van der Waals surface area contributed by atoms with E-state index in [0.29, 0.717) is 0 Å². The molecule has 0 saturated heterocycles. The molecule has 96 valence electrons. The molecule has 0 bridgehead atoms. The smallest absolute Gasteiger partial charge is 0.261 e. The molecule has 0 atom stereocenters. The average Bonchev–Trinajstić information content (AvgIpc) is 2.79. The van der Waals surface area contributed by atoms with Crippen molar-refractivity contribution in [2.45, 2.75) is 6.54 Å². The number of H-pyrrole nitrogens is 1. The Morgan fingerprint density at radius 3 is 2.74 bits per heavy atom. The van der Waals surface area contributed by atoms with Gasteiger partial charge in [-0.15, -0.1) is 0 Å². The van der Waals surface area contributed by atoms with Gasteiger partial charge < -0.3 is 4.98 Å². The molecule has 2 aromatic heterocycles. The van der Waals surface area contributed by atoms with Crippen molar-refractivity contribution in [1.29, 1.82) is 0 Å². The second kappa shape index (κ2) is 4.27. The number of rotatable bonds is 2. The Kier molecular flexibility index (Phi) is 2.59. The molecule has 7 heteroatoms. The van der Waals surface area contributed by atoms with E-state index in [-0.39, 0.29) is 28.7 Å². The number of aromatic nitrogens is 4. The maximum absolute atomic E-state index is 13.6. The lowest BCUT2D eigenvalue weighted by atomic mass is 10.2. The minimum Gasteiger partial charge on any atom is -0.312 e. The highest BCUT2D eigenvalue weighted by Gasteiger charge is 2.13. The largest absolute Gasteiger partial charge is 0.312 e. The number of fused-ring (bicyclic) bond motifs is 1. The predicted octanol–water partition coefficient (Wildman–Crippen LogP) is 1.45. The van der Waals surface area contributed by atoms with Gasteiger partial charge in [0.25, 0.3) is 5.56 Å². The van der Waals surface area contributed by atoms with Crippen molar-refractivity contribution in [1.82, 2.24) is 19.7 Å². The van der Waals surface area contributed by atoms with Crippen LogP contribution in [-0.4, -0.2) is 19.7 Å². The van der Waals surface area contributed by atoms with Crippen LogP contribution in [0.3, 0.4) is 0 Å². The third-order valence-corrected chi connectivity index (χ3v) is 2.81. The second-order valence-corrected chi connectivity index (χ2v) is 3.97. The molecule has 0 aliphatic heterocycles. The van der Waals surface area contributed by atoms with E-state index in [9.17, 15) is 13.6 Å².